The summed E-state index contributed by atoms with van der Waals surface area (Å²) in [5, 5.41) is 20.5. The number of hydrogen-bond donors (Lipinski definition) is 1. The van der Waals surface area contributed by atoms with E-state index in [0.29, 0.717) is 48.5 Å². The van der Waals surface area contributed by atoms with Crippen LogP contribution in [0.25, 0.3) is 0 Å². The van der Waals surface area contributed by atoms with Crippen molar-refractivity contribution in [3.63, 3.8) is 0 Å². The average Bonchev–Trinajstić information content (AvgIpc) is 3.26. The van der Waals surface area contributed by atoms with Crippen LogP contribution in [0, 0.1) is 45.3 Å². The number of nitriles is 1. The van der Waals surface area contributed by atoms with Gasteiger partial charge in [0.05, 0.1) is 18.2 Å². The van der Waals surface area contributed by atoms with Gasteiger partial charge in [-0.05, 0) is 104 Å². The van der Waals surface area contributed by atoms with Crippen LogP contribution in [-0.2, 0) is 22.6 Å². The zero-order valence-corrected chi connectivity index (χ0v) is 24.3. The number of rotatable bonds is 6. The summed E-state index contributed by atoms with van der Waals surface area (Å²) in [5.74, 6) is 0.966. The fourth-order valence-corrected chi connectivity index (χ4v) is 9.71. The van der Waals surface area contributed by atoms with Gasteiger partial charge in [0.15, 0.2) is 5.79 Å². The monoisotopic (exact) mass is 537 g/mol. The molecule has 6 rings (SSSR count). The summed E-state index contributed by atoms with van der Waals surface area (Å²) in [4.78, 5) is 13.5. The molecule has 4 aliphatic rings. The smallest absolute Gasteiger partial charge is 0.169 e. The third-order valence-corrected chi connectivity index (χ3v) is 12.1. The minimum Gasteiger partial charge on any atom is -0.365 e. The second-order valence-corrected chi connectivity index (χ2v) is 13.8. The van der Waals surface area contributed by atoms with E-state index >= 15 is 0 Å². The lowest BCUT2D eigenvalue weighted by molar-refractivity contribution is -0.231. The molecule has 2 aromatic rings. The molecule has 2 aromatic carbocycles. The van der Waals surface area contributed by atoms with Crippen LogP contribution in [0.4, 0.5) is 0 Å². The maximum atomic E-state index is 13.5. The topological polar surface area (TPSA) is 70.3 Å². The van der Waals surface area contributed by atoms with E-state index < -0.39 is 5.79 Å². The summed E-state index contributed by atoms with van der Waals surface area (Å²) >= 11 is 0. The highest BCUT2D eigenvalue weighted by atomic mass is 16.6. The van der Waals surface area contributed by atoms with Gasteiger partial charge in [-0.25, -0.2) is 0 Å². The molecule has 0 aliphatic heterocycles. The second kappa shape index (κ2) is 9.97. The van der Waals surface area contributed by atoms with Crippen LogP contribution in [-0.4, -0.2) is 16.7 Å². The lowest BCUT2D eigenvalue weighted by Crippen LogP contribution is -2.55. The molecule has 3 fully saturated rings. The van der Waals surface area contributed by atoms with Crippen molar-refractivity contribution >= 4 is 5.78 Å². The summed E-state index contributed by atoms with van der Waals surface area (Å²) in [7, 11) is 0. The standard InChI is InChI=1S/C36H43NO3/c1-25(38)35(21-26-7-5-4-6-8-26)18-16-32-30-14-13-29-22-36(39,40-24-28-11-9-27(23-37)10-12-28)20-19-33(29,2)31(30)15-17-34(32,35)3/h4-13,30-32,39H,14-22,24H2,1-3H3. The Morgan fingerprint density at radius 2 is 1.70 bits per heavy atom. The number of nitrogens with zero attached hydrogens (tertiary/aromatic N) is 1. The maximum Gasteiger partial charge on any atom is 0.169 e. The molecule has 0 spiro atoms. The summed E-state index contributed by atoms with van der Waals surface area (Å²) < 4.78 is 6.15. The molecule has 210 valence electrons. The Hall–Kier alpha value is -2.74. The summed E-state index contributed by atoms with van der Waals surface area (Å²) in [5.41, 5.74) is 4.07. The first-order valence-electron chi connectivity index (χ1n) is 15.2. The van der Waals surface area contributed by atoms with E-state index in [2.05, 4.69) is 56.3 Å². The van der Waals surface area contributed by atoms with Crippen molar-refractivity contribution < 1.29 is 14.6 Å². The van der Waals surface area contributed by atoms with Crippen molar-refractivity contribution in [1.29, 1.82) is 5.26 Å². The van der Waals surface area contributed by atoms with Gasteiger partial charge in [0.25, 0.3) is 0 Å². The number of fused-ring (bicyclic) bond motifs is 5. The van der Waals surface area contributed by atoms with Gasteiger partial charge in [0, 0.05) is 18.3 Å². The molecule has 7 unspecified atom stereocenters. The van der Waals surface area contributed by atoms with Gasteiger partial charge in [0.1, 0.15) is 5.78 Å². The van der Waals surface area contributed by atoms with Gasteiger partial charge in [0.2, 0.25) is 0 Å². The largest absolute Gasteiger partial charge is 0.365 e. The second-order valence-electron chi connectivity index (χ2n) is 13.8. The van der Waals surface area contributed by atoms with Crippen LogP contribution < -0.4 is 0 Å². The first-order chi connectivity index (χ1) is 19.1. The quantitative estimate of drug-likeness (QED) is 0.305. The van der Waals surface area contributed by atoms with E-state index in [1.165, 1.54) is 11.1 Å². The summed E-state index contributed by atoms with van der Waals surface area (Å²) in [6, 6.07) is 20.2. The van der Waals surface area contributed by atoms with Crippen LogP contribution in [0.5, 0.6) is 0 Å². The zero-order valence-electron chi connectivity index (χ0n) is 24.3. The molecule has 1 N–H and O–H groups in total. The molecular formula is C36H43NO3. The predicted molar refractivity (Wildman–Crippen MR) is 156 cm³/mol. The molecule has 4 heteroatoms. The maximum absolute atomic E-state index is 13.5. The minimum atomic E-state index is -1.15. The van der Waals surface area contributed by atoms with Crippen LogP contribution in [0.3, 0.4) is 0 Å². The summed E-state index contributed by atoms with van der Waals surface area (Å²) in [6.07, 6.45) is 10.9. The highest BCUT2D eigenvalue weighted by molar-refractivity contribution is 5.84. The van der Waals surface area contributed by atoms with Crippen molar-refractivity contribution in [3.05, 3.63) is 82.9 Å². The van der Waals surface area contributed by atoms with Gasteiger partial charge < -0.3 is 9.84 Å². The molecule has 0 radical (unpaired) electrons. The average molecular weight is 538 g/mol. The predicted octanol–water partition coefficient (Wildman–Crippen LogP) is 7.54. The Morgan fingerprint density at radius 3 is 2.40 bits per heavy atom. The summed E-state index contributed by atoms with van der Waals surface area (Å²) in [6.45, 7) is 7.08. The van der Waals surface area contributed by atoms with E-state index in [4.69, 9.17) is 10.00 Å². The van der Waals surface area contributed by atoms with Crippen molar-refractivity contribution in [3.8, 4) is 6.07 Å². The van der Waals surface area contributed by atoms with E-state index in [1.807, 2.05) is 19.1 Å². The Balaban J connectivity index is 1.21. The van der Waals surface area contributed by atoms with Gasteiger partial charge >= 0.3 is 0 Å². The molecule has 0 saturated heterocycles. The Kier molecular flexibility index (Phi) is 6.83. The normalized spacial score (nSPS) is 38.4. The number of ketones is 1. The molecule has 4 nitrogen and oxygen atoms in total. The zero-order chi connectivity index (χ0) is 28.2. The van der Waals surface area contributed by atoms with Crippen molar-refractivity contribution in [2.24, 2.45) is 34.0 Å². The highest BCUT2D eigenvalue weighted by Crippen LogP contribution is 2.70. The number of hydrogen-bond acceptors (Lipinski definition) is 4. The molecule has 0 aromatic heterocycles. The van der Waals surface area contributed by atoms with Gasteiger partial charge in [-0.2, -0.15) is 5.26 Å². The first-order valence-corrected chi connectivity index (χ1v) is 15.2. The number of carbonyl (C=O) groups excluding carboxylic acids is 1. The molecule has 40 heavy (non-hydrogen) atoms. The lowest BCUT2D eigenvalue weighted by atomic mass is 9.44. The Morgan fingerprint density at radius 1 is 0.975 bits per heavy atom. The fraction of sp³-hybridized carbons (Fsp3) is 0.556. The number of aliphatic hydroxyl groups is 1. The number of allylic oxidation sites excluding steroid dienone is 1. The van der Waals surface area contributed by atoms with E-state index in [1.54, 1.807) is 12.1 Å². The number of carbonyl (C=O) groups is 1. The Labute approximate surface area is 239 Å². The number of Topliss-reactive ketones (excluding diaryl/α,β-unsaturated/α-hetero) is 1. The molecular weight excluding hydrogens is 494 g/mol. The lowest BCUT2D eigenvalue weighted by Gasteiger charge is -2.60. The van der Waals surface area contributed by atoms with E-state index in [0.717, 1.165) is 50.5 Å². The van der Waals surface area contributed by atoms with Crippen molar-refractivity contribution in [1.82, 2.24) is 0 Å². The molecule has 0 amide bonds. The Bertz CT molecular complexity index is 1340. The van der Waals surface area contributed by atoms with Crippen LogP contribution in [0.2, 0.25) is 0 Å². The molecule has 3 saturated carbocycles. The van der Waals surface area contributed by atoms with Crippen molar-refractivity contribution in [2.75, 3.05) is 0 Å². The van der Waals surface area contributed by atoms with Gasteiger partial charge in [-0.3, -0.25) is 4.79 Å². The molecule has 0 bridgehead atoms. The third kappa shape index (κ3) is 4.29. The molecule has 4 aliphatic carbocycles. The fourth-order valence-electron chi connectivity index (χ4n) is 9.71. The highest BCUT2D eigenvalue weighted by Gasteiger charge is 2.65. The van der Waals surface area contributed by atoms with Crippen LogP contribution >= 0.6 is 0 Å². The number of ether oxygens (including phenoxy) is 1. The third-order valence-electron chi connectivity index (χ3n) is 12.1. The van der Waals surface area contributed by atoms with Crippen molar-refractivity contribution in [2.45, 2.75) is 91.0 Å². The van der Waals surface area contributed by atoms with Gasteiger partial charge in [-0.15, -0.1) is 0 Å². The van der Waals surface area contributed by atoms with E-state index in [-0.39, 0.29) is 16.2 Å². The van der Waals surface area contributed by atoms with Gasteiger partial charge in [-0.1, -0.05) is 68.0 Å². The first kappa shape index (κ1) is 27.4. The van der Waals surface area contributed by atoms with Crippen LogP contribution in [0.15, 0.2) is 66.2 Å². The number of benzene rings is 2. The molecule has 7 atom stereocenters. The minimum absolute atomic E-state index is 0.0250. The van der Waals surface area contributed by atoms with Crippen LogP contribution in [0.1, 0.15) is 88.8 Å². The van der Waals surface area contributed by atoms with E-state index in [9.17, 15) is 9.90 Å². The SMILES string of the molecule is CC(=O)C1(Cc2ccccc2)CCC2C3CC=C4CC(O)(OCc5ccc(C#N)cc5)CCC4(C)C3CCC21C. The molecule has 0 heterocycles.